The second-order valence-corrected chi connectivity index (χ2v) is 39.3. The molecule has 25 aromatic rings. The first-order chi connectivity index (χ1) is 65.4. The fourth-order valence-corrected chi connectivity index (χ4v) is 21.3. The molecule has 0 aliphatic carbocycles. The van der Waals surface area contributed by atoms with E-state index in [0.29, 0.717) is 0 Å². The first-order valence-corrected chi connectivity index (χ1v) is 48.7. The Balaban J connectivity index is 0.000000118. The minimum Gasteiger partial charge on any atom is -0.456 e. The summed E-state index contributed by atoms with van der Waals surface area (Å²) >= 11 is 5.67. The van der Waals surface area contributed by atoms with Crippen molar-refractivity contribution >= 4 is 171 Å². The van der Waals surface area contributed by atoms with Gasteiger partial charge in [-0.25, -0.2) is 4.39 Å². The van der Waals surface area contributed by atoms with Crippen molar-refractivity contribution in [3.8, 4) is 33.4 Å². The minimum absolute atomic E-state index is 0. The van der Waals surface area contributed by atoms with E-state index in [9.17, 15) is 4.39 Å². The van der Waals surface area contributed by atoms with Gasteiger partial charge in [0, 0.05) is 98.4 Å². The number of furan rings is 3. The van der Waals surface area contributed by atoms with Crippen LogP contribution in [-0.2, 0) is 5.41 Å². The predicted octanol–water partition coefficient (Wildman–Crippen LogP) is 40.5. The summed E-state index contributed by atoms with van der Waals surface area (Å²) in [6.45, 7) is 32.1. The van der Waals surface area contributed by atoms with Crippen molar-refractivity contribution in [1.29, 1.82) is 0 Å². The number of para-hydroxylation sites is 5. The Morgan fingerprint density at radius 3 is 1.22 bits per heavy atom. The second kappa shape index (κ2) is 43.4. The van der Waals surface area contributed by atoms with Crippen LogP contribution in [0.3, 0.4) is 0 Å². The third kappa shape index (κ3) is 22.0. The number of thiophene rings is 3. The SMILES string of the molecule is C.C.Cc1cc(C)c(C)c(C)c1.Cc1cc(F)cc(-c2cccc3ccccc23)c1.Cc1ccc(C(C)(C)C)cc1.Cc1ccc2oc3ccccc3c2c1.Cc1ccc2sc3ccccc3c2c1.Cc1cccc2c1oc1c(-c3ccccc3)cccc12.Cc1cccc2c1oc1ccccc12.Cc1cccc2c1sc1c(-c3ccccc3)cccc12.Cc1cccc2c1sc1ccccc12. The van der Waals surface area contributed by atoms with Gasteiger partial charge in [-0.2, -0.15) is 0 Å². The Labute approximate surface area is 818 Å². The molecule has 3 nitrogen and oxygen atoms in total. The van der Waals surface area contributed by atoms with E-state index in [4.69, 9.17) is 13.3 Å². The van der Waals surface area contributed by atoms with Crippen LogP contribution >= 0.6 is 34.0 Å². The highest BCUT2D eigenvalue weighted by molar-refractivity contribution is 7.27. The average molecular weight is 1840 g/mol. The summed E-state index contributed by atoms with van der Waals surface area (Å²) < 4.78 is 39.6. The predicted molar refractivity (Wildman–Crippen MR) is 601 cm³/mol. The molecule has 7 heteroatoms. The van der Waals surface area contributed by atoms with Gasteiger partial charge < -0.3 is 13.3 Å². The van der Waals surface area contributed by atoms with E-state index in [2.05, 4.69) is 406 Å². The first-order valence-electron chi connectivity index (χ1n) is 46.2. The van der Waals surface area contributed by atoms with E-state index in [0.717, 1.165) is 61.1 Å². The molecule has 0 aliphatic rings. The van der Waals surface area contributed by atoms with Crippen molar-refractivity contribution in [1.82, 2.24) is 0 Å². The lowest BCUT2D eigenvalue weighted by Crippen LogP contribution is -2.10. The van der Waals surface area contributed by atoms with Crippen LogP contribution < -0.4 is 0 Å². The van der Waals surface area contributed by atoms with Crippen LogP contribution in [0.2, 0.25) is 0 Å². The molecule has 19 aromatic carbocycles. The number of benzene rings is 19. The van der Waals surface area contributed by atoms with E-state index in [1.807, 2.05) is 120 Å². The van der Waals surface area contributed by atoms with Gasteiger partial charge in [-0.1, -0.05) is 398 Å². The van der Waals surface area contributed by atoms with Crippen molar-refractivity contribution in [2.75, 3.05) is 0 Å². The highest BCUT2D eigenvalue weighted by Gasteiger charge is 2.18. The number of rotatable bonds is 3. The Kier molecular flexibility index (Phi) is 30.7. The topological polar surface area (TPSA) is 39.4 Å². The van der Waals surface area contributed by atoms with Crippen molar-refractivity contribution < 1.29 is 17.6 Å². The van der Waals surface area contributed by atoms with Gasteiger partial charge in [0.15, 0.2) is 0 Å². The zero-order valence-electron chi connectivity index (χ0n) is 79.4. The fraction of sp³-hybridized carbons (Fsp3) is 0.138. The molecule has 0 aliphatic heterocycles. The van der Waals surface area contributed by atoms with Crippen molar-refractivity contribution in [2.24, 2.45) is 0 Å². The van der Waals surface area contributed by atoms with Crippen molar-refractivity contribution in [3.63, 3.8) is 0 Å². The minimum atomic E-state index is -0.182. The third-order valence-electron chi connectivity index (χ3n) is 25.0. The molecule has 0 saturated heterocycles. The zero-order chi connectivity index (χ0) is 94.0. The summed E-state index contributed by atoms with van der Waals surface area (Å²) in [5.74, 6) is -0.182. The molecule has 0 atom stereocenters. The molecule has 0 unspecified atom stereocenters. The Hall–Kier alpha value is -14.6. The summed E-state index contributed by atoms with van der Waals surface area (Å²) in [6, 6.07) is 139. The lowest BCUT2D eigenvalue weighted by atomic mass is 9.87. The maximum Gasteiger partial charge on any atom is 0.143 e. The quantitative estimate of drug-likeness (QED) is 0.177. The molecule has 0 fully saturated rings. The molecule has 0 amide bonds. The first kappa shape index (κ1) is 97.0. The summed E-state index contributed by atoms with van der Waals surface area (Å²) in [5.41, 5.74) is 30.1. The number of aryl methyl sites for hydroxylation is 11. The lowest BCUT2D eigenvalue weighted by molar-refractivity contribution is 0.590. The summed E-state index contributed by atoms with van der Waals surface area (Å²) in [5, 5.41) is 17.8. The van der Waals surface area contributed by atoms with Gasteiger partial charge in [0.25, 0.3) is 0 Å². The van der Waals surface area contributed by atoms with Crippen LogP contribution in [-0.4, -0.2) is 0 Å². The lowest BCUT2D eigenvalue weighted by Gasteiger charge is -2.18. The number of halogens is 1. The highest BCUT2D eigenvalue weighted by Crippen LogP contribution is 2.44. The van der Waals surface area contributed by atoms with Gasteiger partial charge in [0.05, 0.1) is 0 Å². The van der Waals surface area contributed by atoms with E-state index in [1.165, 1.54) is 182 Å². The van der Waals surface area contributed by atoms with Crippen LogP contribution in [0.15, 0.2) is 414 Å². The van der Waals surface area contributed by atoms with Crippen molar-refractivity contribution in [3.05, 3.63) is 479 Å². The van der Waals surface area contributed by atoms with Gasteiger partial charge in [0.1, 0.15) is 39.3 Å². The van der Waals surface area contributed by atoms with E-state index in [-0.39, 0.29) is 26.1 Å². The molecule has 0 spiro atoms. The molecule has 682 valence electrons. The van der Waals surface area contributed by atoms with E-state index < -0.39 is 0 Å². The smallest absolute Gasteiger partial charge is 0.143 e. The normalized spacial score (nSPS) is 10.9. The molecule has 0 radical (unpaired) electrons. The Bertz CT molecular complexity index is 8050. The molecular formula is C130H119FO3S3. The summed E-state index contributed by atoms with van der Waals surface area (Å²) in [4.78, 5) is 0. The van der Waals surface area contributed by atoms with Gasteiger partial charge in [-0.05, 0) is 238 Å². The van der Waals surface area contributed by atoms with Crippen LogP contribution in [0.1, 0.15) is 108 Å². The summed E-state index contributed by atoms with van der Waals surface area (Å²) in [6.07, 6.45) is 0. The second-order valence-electron chi connectivity index (χ2n) is 36.2. The van der Waals surface area contributed by atoms with Crippen LogP contribution in [0, 0.1) is 88.9 Å². The maximum absolute atomic E-state index is 13.5. The monoisotopic (exact) mass is 1840 g/mol. The molecule has 0 N–H and O–H groups in total. The molecule has 6 aromatic heterocycles. The molecule has 6 heterocycles. The third-order valence-corrected chi connectivity index (χ3v) is 28.9. The molecule has 0 saturated carbocycles. The Morgan fingerprint density at radius 2 is 0.613 bits per heavy atom. The van der Waals surface area contributed by atoms with Gasteiger partial charge in [-0.15, -0.1) is 34.0 Å². The van der Waals surface area contributed by atoms with Gasteiger partial charge in [0.2, 0.25) is 0 Å². The number of hydrogen-bond donors (Lipinski definition) is 0. The van der Waals surface area contributed by atoms with E-state index in [1.54, 1.807) is 12.1 Å². The van der Waals surface area contributed by atoms with Crippen molar-refractivity contribution in [2.45, 2.75) is 124 Å². The molecule has 137 heavy (non-hydrogen) atoms. The zero-order valence-corrected chi connectivity index (χ0v) is 81.9. The fourth-order valence-electron chi connectivity index (χ4n) is 17.7. The highest BCUT2D eigenvalue weighted by atomic mass is 32.1. The molecular weight excluding hydrogens is 1720 g/mol. The van der Waals surface area contributed by atoms with Gasteiger partial charge in [-0.3, -0.25) is 0 Å². The van der Waals surface area contributed by atoms with E-state index >= 15 is 0 Å². The van der Waals surface area contributed by atoms with Gasteiger partial charge >= 0.3 is 0 Å². The van der Waals surface area contributed by atoms with Crippen LogP contribution in [0.5, 0.6) is 0 Å². The van der Waals surface area contributed by atoms with Crippen LogP contribution in [0.4, 0.5) is 4.39 Å². The standard InChI is InChI=1S/C19H14O.C19H14S.C17H13F.2C13H10O.2C13H10S.C11H16.C10H14.2CH4/c2*1-13-7-5-11-16-17-12-6-10-15(19(17)20-18(13)16)14-8-3-2-4-9-14;1-12-9-14(11-15(18)10-12)17-8-4-6-13-5-2-3-7-16(13)17;1-9-5-4-7-11-10-6-2-3-8-12(10)14-13(9)11;1-9-6-7-13-11(8-9)10-4-2-3-5-12(10)14-13;1-9-5-4-7-11-10-6-2-3-8-12(10)14-13(9)11;1-9-6-7-13-11(8-9)10-4-2-3-5-12(10)14-13;1-9-5-7-10(8-6-9)11(2,3)4;1-7-5-8(2)10(4)9(3)6-7;;/h2*2-12H,1H3;2-11H,1H3;4*2-8H,1H3;5-8H,1-4H3;5-6H,1-4H3;2*1H4. The largest absolute Gasteiger partial charge is 0.456 e. The Morgan fingerprint density at radius 1 is 0.219 bits per heavy atom. The number of fused-ring (bicyclic) bond motifs is 19. The molecule has 0 bridgehead atoms. The maximum atomic E-state index is 13.5. The molecule has 25 rings (SSSR count). The van der Waals surface area contributed by atoms with Crippen LogP contribution in [0.25, 0.3) is 170 Å². The summed E-state index contributed by atoms with van der Waals surface area (Å²) in [7, 11) is 0. The average Bonchev–Trinajstić information content (AvgIpc) is 1.60. The number of hydrogen-bond acceptors (Lipinski definition) is 6.